The van der Waals surface area contributed by atoms with E-state index >= 15 is 0 Å². The number of esters is 1. The predicted molar refractivity (Wildman–Crippen MR) is 149 cm³/mol. The van der Waals surface area contributed by atoms with Crippen molar-refractivity contribution in [2.75, 3.05) is 20.3 Å². The van der Waals surface area contributed by atoms with E-state index in [0.29, 0.717) is 18.9 Å². The van der Waals surface area contributed by atoms with E-state index in [1.807, 2.05) is 33.8 Å². The highest BCUT2D eigenvalue weighted by molar-refractivity contribution is 7.14. The summed E-state index contributed by atoms with van der Waals surface area (Å²) in [7, 11) is 1.38. The Bertz CT molecular complexity index is 1090. The molecule has 7 heteroatoms. The van der Waals surface area contributed by atoms with E-state index in [2.05, 4.69) is 32.0 Å². The molecule has 6 nitrogen and oxygen atoms in total. The van der Waals surface area contributed by atoms with Crippen molar-refractivity contribution < 1.29 is 24.2 Å². The van der Waals surface area contributed by atoms with Crippen molar-refractivity contribution >= 4 is 23.2 Å². The number of amides is 1. The normalized spacial score (nSPS) is 17.5. The molecule has 0 radical (unpaired) electrons. The van der Waals surface area contributed by atoms with Gasteiger partial charge in [-0.3, -0.25) is 4.79 Å². The second-order valence-electron chi connectivity index (χ2n) is 11.3. The molecular weight excluding hydrogens is 486 g/mol. The van der Waals surface area contributed by atoms with Gasteiger partial charge in [-0.05, 0) is 86.1 Å². The lowest BCUT2D eigenvalue weighted by Crippen LogP contribution is -2.41. The Hall–Kier alpha value is -2.38. The van der Waals surface area contributed by atoms with Gasteiger partial charge >= 0.3 is 5.97 Å². The molecule has 0 spiro atoms. The van der Waals surface area contributed by atoms with Crippen molar-refractivity contribution in [2.24, 2.45) is 5.41 Å². The maximum absolute atomic E-state index is 13.2. The molecule has 0 saturated carbocycles. The lowest BCUT2D eigenvalue weighted by Gasteiger charge is -2.26. The summed E-state index contributed by atoms with van der Waals surface area (Å²) < 4.78 is 10.8. The van der Waals surface area contributed by atoms with Gasteiger partial charge in [-0.15, -0.1) is 11.3 Å². The third-order valence-corrected chi connectivity index (χ3v) is 8.73. The largest absolute Gasteiger partial charge is 0.491 e. The van der Waals surface area contributed by atoms with Gasteiger partial charge in [0.15, 0.2) is 0 Å². The zero-order valence-corrected chi connectivity index (χ0v) is 24.2. The van der Waals surface area contributed by atoms with E-state index < -0.39 is 12.1 Å². The smallest absolute Gasteiger partial charge is 0.328 e. The van der Waals surface area contributed by atoms with Crippen molar-refractivity contribution in [1.82, 2.24) is 4.90 Å². The summed E-state index contributed by atoms with van der Waals surface area (Å²) in [5.41, 5.74) is 3.11. The fraction of sp³-hybridized carbons (Fsp3) is 0.600. The SMILES string of the molecule is CCC(CCc1cc(C)c(C(=O)N2CCCC2C(=O)OC)s1)c1ccc(OCC(O)C(C)(C)C)c(C)c1. The Kier molecular flexibility index (Phi) is 9.81. The van der Waals surface area contributed by atoms with Gasteiger partial charge in [0.25, 0.3) is 5.91 Å². The topological polar surface area (TPSA) is 76.1 Å². The molecular formula is C30H43NO5S. The molecule has 1 aliphatic heterocycles. The van der Waals surface area contributed by atoms with Gasteiger partial charge < -0.3 is 19.5 Å². The highest BCUT2D eigenvalue weighted by Crippen LogP contribution is 2.33. The molecule has 3 rings (SSSR count). The lowest BCUT2D eigenvalue weighted by atomic mass is 9.89. The summed E-state index contributed by atoms with van der Waals surface area (Å²) in [4.78, 5) is 29.0. The average Bonchev–Trinajstić information content (AvgIpc) is 3.49. The minimum atomic E-state index is -0.530. The van der Waals surface area contributed by atoms with E-state index in [4.69, 9.17) is 9.47 Å². The minimum Gasteiger partial charge on any atom is -0.491 e. The molecule has 2 aromatic rings. The number of hydrogen-bond acceptors (Lipinski definition) is 6. The van der Waals surface area contributed by atoms with Crippen LogP contribution in [0.5, 0.6) is 5.75 Å². The molecule has 0 bridgehead atoms. The zero-order valence-electron chi connectivity index (χ0n) is 23.4. The number of rotatable bonds is 10. The summed E-state index contributed by atoms with van der Waals surface area (Å²) in [6.07, 6.45) is 3.86. The van der Waals surface area contributed by atoms with E-state index in [1.165, 1.54) is 17.6 Å². The van der Waals surface area contributed by atoms with Crippen molar-refractivity contribution in [1.29, 1.82) is 0 Å². The number of carbonyl (C=O) groups is 2. The van der Waals surface area contributed by atoms with Crippen LogP contribution < -0.4 is 4.74 Å². The summed E-state index contributed by atoms with van der Waals surface area (Å²) in [6, 6.07) is 7.99. The van der Waals surface area contributed by atoms with Crippen LogP contribution in [0.2, 0.25) is 0 Å². The van der Waals surface area contributed by atoms with Crippen LogP contribution in [0.15, 0.2) is 24.3 Å². The molecule has 1 aromatic carbocycles. The maximum atomic E-state index is 13.2. The first-order chi connectivity index (χ1) is 17.5. The molecule has 0 aliphatic carbocycles. The Balaban J connectivity index is 1.64. The lowest BCUT2D eigenvalue weighted by molar-refractivity contribution is -0.145. The van der Waals surface area contributed by atoms with Crippen LogP contribution in [0.3, 0.4) is 0 Å². The molecule has 3 atom stereocenters. The number of ether oxygens (including phenoxy) is 2. The summed E-state index contributed by atoms with van der Waals surface area (Å²) in [5, 5.41) is 10.3. The molecule has 37 heavy (non-hydrogen) atoms. The number of aliphatic hydroxyl groups excluding tert-OH is 1. The quantitative estimate of drug-likeness (QED) is 0.379. The molecule has 1 amide bonds. The van der Waals surface area contributed by atoms with Gasteiger partial charge in [-0.2, -0.15) is 0 Å². The Morgan fingerprint density at radius 1 is 1.19 bits per heavy atom. The number of aryl methyl sites for hydroxylation is 3. The third kappa shape index (κ3) is 7.14. The average molecular weight is 530 g/mol. The Morgan fingerprint density at radius 2 is 1.92 bits per heavy atom. The van der Waals surface area contributed by atoms with Crippen molar-refractivity contribution in [2.45, 2.75) is 91.7 Å². The van der Waals surface area contributed by atoms with E-state index in [0.717, 1.165) is 47.4 Å². The minimum absolute atomic E-state index is 0.0588. The number of likely N-dealkylation sites (tertiary alicyclic amines) is 1. The molecule has 2 heterocycles. The molecule has 1 fully saturated rings. The molecule has 3 unspecified atom stereocenters. The van der Waals surface area contributed by atoms with Crippen LogP contribution in [0.25, 0.3) is 0 Å². The van der Waals surface area contributed by atoms with Gasteiger partial charge in [0, 0.05) is 11.4 Å². The van der Waals surface area contributed by atoms with E-state index in [1.54, 1.807) is 16.2 Å². The number of thiophene rings is 1. The van der Waals surface area contributed by atoms with Gasteiger partial charge in [0.1, 0.15) is 18.4 Å². The highest BCUT2D eigenvalue weighted by atomic mass is 32.1. The van der Waals surface area contributed by atoms with Crippen molar-refractivity contribution in [3.05, 3.63) is 50.7 Å². The van der Waals surface area contributed by atoms with Crippen LogP contribution in [0.1, 0.15) is 90.5 Å². The highest BCUT2D eigenvalue weighted by Gasteiger charge is 2.36. The molecule has 1 aromatic heterocycles. The standard InChI is InChI=1S/C30H43NO5S/c1-8-21(22-12-14-25(19(2)16-22)36-18-26(32)30(4,5)6)11-13-23-17-20(3)27(37-23)28(33)31-15-9-10-24(31)29(34)35-7/h12,14,16-17,21,24,26,32H,8-11,13,15,18H2,1-7H3. The number of aliphatic hydroxyl groups is 1. The van der Waals surface area contributed by atoms with Gasteiger partial charge in [0.05, 0.1) is 18.1 Å². The second kappa shape index (κ2) is 12.4. The van der Waals surface area contributed by atoms with E-state index in [9.17, 15) is 14.7 Å². The number of benzene rings is 1. The Morgan fingerprint density at radius 3 is 2.54 bits per heavy atom. The molecule has 1 saturated heterocycles. The third-order valence-electron chi connectivity index (χ3n) is 7.45. The fourth-order valence-electron chi connectivity index (χ4n) is 4.84. The van der Waals surface area contributed by atoms with E-state index in [-0.39, 0.29) is 23.9 Å². The Labute approximate surface area is 226 Å². The summed E-state index contributed by atoms with van der Waals surface area (Å²) in [5.74, 6) is 0.822. The van der Waals surface area contributed by atoms with Crippen molar-refractivity contribution in [3.63, 3.8) is 0 Å². The number of methoxy groups -OCH3 is 1. The van der Waals surface area contributed by atoms with Crippen LogP contribution in [0.4, 0.5) is 0 Å². The number of nitrogens with zero attached hydrogens (tertiary/aromatic N) is 1. The van der Waals surface area contributed by atoms with Gasteiger partial charge in [-0.1, -0.05) is 39.8 Å². The first-order valence-electron chi connectivity index (χ1n) is 13.4. The van der Waals surface area contributed by atoms with Crippen molar-refractivity contribution in [3.8, 4) is 5.75 Å². The van der Waals surface area contributed by atoms with Crippen LogP contribution >= 0.6 is 11.3 Å². The number of carbonyl (C=O) groups excluding carboxylic acids is 2. The van der Waals surface area contributed by atoms with Gasteiger partial charge in [0.2, 0.25) is 0 Å². The summed E-state index contributed by atoms with van der Waals surface area (Å²) in [6.45, 7) is 13.1. The van der Waals surface area contributed by atoms with Crippen LogP contribution in [-0.4, -0.2) is 54.3 Å². The van der Waals surface area contributed by atoms with Crippen LogP contribution in [-0.2, 0) is 16.0 Å². The molecule has 204 valence electrons. The van der Waals surface area contributed by atoms with Crippen LogP contribution in [0, 0.1) is 19.3 Å². The first kappa shape index (κ1) is 29.2. The maximum Gasteiger partial charge on any atom is 0.328 e. The summed E-state index contributed by atoms with van der Waals surface area (Å²) >= 11 is 1.55. The fourth-order valence-corrected chi connectivity index (χ4v) is 5.98. The predicted octanol–water partition coefficient (Wildman–Crippen LogP) is 6.05. The molecule has 1 N–H and O–H groups in total. The second-order valence-corrected chi connectivity index (χ2v) is 12.4. The number of hydrogen-bond donors (Lipinski definition) is 1. The zero-order chi connectivity index (χ0) is 27.3. The molecule has 1 aliphatic rings. The monoisotopic (exact) mass is 529 g/mol. The first-order valence-corrected chi connectivity index (χ1v) is 14.2. The van der Waals surface area contributed by atoms with Gasteiger partial charge in [-0.25, -0.2) is 4.79 Å².